The number of rotatable bonds is 4. The van der Waals surface area contributed by atoms with Crippen LogP contribution in [0.15, 0.2) is 23.0 Å². The van der Waals surface area contributed by atoms with Crippen LogP contribution in [-0.4, -0.2) is 22.7 Å². The minimum absolute atomic E-state index is 0.0438. The lowest BCUT2D eigenvalue weighted by Crippen LogP contribution is -2.35. The first kappa shape index (κ1) is 18.0. The molecule has 0 aliphatic heterocycles. The second-order valence-corrected chi connectivity index (χ2v) is 6.30. The van der Waals surface area contributed by atoms with Crippen molar-refractivity contribution >= 4 is 5.91 Å². The molecular weight excluding hydrogens is 344 g/mol. The maximum Gasteiger partial charge on any atom is 0.387 e. The number of H-pyrrole nitrogens is 1. The highest BCUT2D eigenvalue weighted by Gasteiger charge is 2.25. The molecule has 1 atom stereocenters. The summed E-state index contributed by atoms with van der Waals surface area (Å²) >= 11 is 0. The van der Waals surface area contributed by atoms with Gasteiger partial charge in [0.15, 0.2) is 0 Å². The summed E-state index contributed by atoms with van der Waals surface area (Å²) in [5.41, 5.74) is 2.32. The number of carbonyl (C=O) groups excluding carboxylic acids is 1. The van der Waals surface area contributed by atoms with Crippen LogP contribution in [0.25, 0.3) is 0 Å². The van der Waals surface area contributed by atoms with E-state index in [9.17, 15) is 18.4 Å². The van der Waals surface area contributed by atoms with Crippen molar-refractivity contribution in [3.63, 3.8) is 0 Å². The normalized spacial score (nSPS) is 16.3. The molecule has 1 heterocycles. The Hall–Kier alpha value is -2.77. The van der Waals surface area contributed by atoms with Gasteiger partial charge in [-0.2, -0.15) is 13.9 Å². The van der Waals surface area contributed by atoms with Crippen LogP contribution in [0.1, 0.15) is 51.6 Å². The topological polar surface area (TPSA) is 84.1 Å². The van der Waals surface area contributed by atoms with E-state index in [0.29, 0.717) is 17.7 Å². The molecule has 8 heteroatoms. The molecule has 1 aliphatic carbocycles. The van der Waals surface area contributed by atoms with Gasteiger partial charge in [0.25, 0.3) is 11.5 Å². The number of fused-ring (bicyclic) bond motifs is 1. The SMILES string of the molecule is Cc1n[nH]c(=O)c(C(=O)N[C@H]2CCCc3cc(OC(F)F)ccc32)c1C. The molecule has 1 aromatic carbocycles. The standard InChI is InChI=1S/C18H19F2N3O3/c1-9-10(2)22-23-17(25)15(9)16(24)21-14-5-3-4-11-8-12(26-18(19)20)6-7-13(11)14/h6-8,14,18H,3-5H2,1-2H3,(H,21,24)(H,23,25)/t14-/m0/s1. The van der Waals surface area contributed by atoms with E-state index in [1.54, 1.807) is 26.0 Å². The molecule has 1 amide bonds. The summed E-state index contributed by atoms with van der Waals surface area (Å²) in [5.74, 6) is -0.372. The number of nitrogens with one attached hydrogen (secondary N) is 2. The van der Waals surface area contributed by atoms with Crippen LogP contribution in [0, 0.1) is 13.8 Å². The largest absolute Gasteiger partial charge is 0.435 e. The molecule has 1 aromatic heterocycles. The Morgan fingerprint density at radius 3 is 2.88 bits per heavy atom. The number of amides is 1. The molecular formula is C18H19F2N3O3. The van der Waals surface area contributed by atoms with Gasteiger partial charge in [0.2, 0.25) is 0 Å². The third kappa shape index (κ3) is 3.58. The van der Waals surface area contributed by atoms with E-state index in [2.05, 4.69) is 20.3 Å². The number of ether oxygens (including phenoxy) is 1. The fourth-order valence-electron chi connectivity index (χ4n) is 3.25. The quantitative estimate of drug-likeness (QED) is 0.875. The van der Waals surface area contributed by atoms with Gasteiger partial charge in [-0.3, -0.25) is 9.59 Å². The maximum atomic E-state index is 12.6. The van der Waals surface area contributed by atoms with Gasteiger partial charge in [-0.05, 0) is 61.9 Å². The van der Waals surface area contributed by atoms with E-state index in [0.717, 1.165) is 24.0 Å². The average molecular weight is 363 g/mol. The second kappa shape index (κ2) is 7.23. The van der Waals surface area contributed by atoms with Crippen molar-refractivity contribution in [1.29, 1.82) is 0 Å². The van der Waals surface area contributed by atoms with Gasteiger partial charge < -0.3 is 10.1 Å². The van der Waals surface area contributed by atoms with Gasteiger partial charge in [-0.25, -0.2) is 5.10 Å². The minimum atomic E-state index is -2.88. The number of aryl methyl sites for hydroxylation is 2. The molecule has 26 heavy (non-hydrogen) atoms. The zero-order chi connectivity index (χ0) is 18.8. The highest BCUT2D eigenvalue weighted by atomic mass is 19.3. The lowest BCUT2D eigenvalue weighted by molar-refractivity contribution is -0.0499. The number of hydrogen-bond donors (Lipinski definition) is 2. The zero-order valence-electron chi connectivity index (χ0n) is 14.4. The average Bonchev–Trinajstić information content (AvgIpc) is 2.58. The molecule has 1 aliphatic rings. The third-order valence-corrected chi connectivity index (χ3v) is 4.66. The van der Waals surface area contributed by atoms with Crippen molar-refractivity contribution in [1.82, 2.24) is 15.5 Å². The molecule has 0 saturated carbocycles. The fraction of sp³-hybridized carbons (Fsp3) is 0.389. The van der Waals surface area contributed by atoms with Crippen molar-refractivity contribution in [2.75, 3.05) is 0 Å². The van der Waals surface area contributed by atoms with Crippen LogP contribution in [0.2, 0.25) is 0 Å². The Bertz CT molecular complexity index is 896. The number of hydrogen-bond acceptors (Lipinski definition) is 4. The van der Waals surface area contributed by atoms with Crippen molar-refractivity contribution in [3.8, 4) is 5.75 Å². The maximum absolute atomic E-state index is 12.6. The number of nitrogens with zero attached hydrogens (tertiary/aromatic N) is 1. The molecule has 0 fully saturated rings. The number of alkyl halides is 2. The zero-order valence-corrected chi connectivity index (χ0v) is 14.4. The predicted octanol–water partition coefficient (Wildman–Crippen LogP) is 2.80. The summed E-state index contributed by atoms with van der Waals surface area (Å²) in [4.78, 5) is 24.6. The molecule has 0 bridgehead atoms. The molecule has 0 radical (unpaired) electrons. The lowest BCUT2D eigenvalue weighted by Gasteiger charge is -2.27. The lowest BCUT2D eigenvalue weighted by atomic mass is 9.87. The van der Waals surface area contributed by atoms with Crippen LogP contribution in [-0.2, 0) is 6.42 Å². The van der Waals surface area contributed by atoms with Crippen molar-refractivity contribution in [2.24, 2.45) is 0 Å². The Morgan fingerprint density at radius 2 is 2.15 bits per heavy atom. The molecule has 6 nitrogen and oxygen atoms in total. The number of aromatic nitrogens is 2. The van der Waals surface area contributed by atoms with E-state index < -0.39 is 18.1 Å². The molecule has 0 saturated heterocycles. The monoisotopic (exact) mass is 363 g/mol. The van der Waals surface area contributed by atoms with E-state index in [-0.39, 0.29) is 17.4 Å². The van der Waals surface area contributed by atoms with Crippen molar-refractivity contribution in [2.45, 2.75) is 45.8 Å². The van der Waals surface area contributed by atoms with Gasteiger partial charge in [0, 0.05) is 0 Å². The van der Waals surface area contributed by atoms with Crippen LogP contribution >= 0.6 is 0 Å². The van der Waals surface area contributed by atoms with E-state index >= 15 is 0 Å². The summed E-state index contributed by atoms with van der Waals surface area (Å²) in [6.45, 7) is 0.509. The van der Waals surface area contributed by atoms with Crippen LogP contribution in [0.4, 0.5) is 8.78 Å². The first-order valence-electron chi connectivity index (χ1n) is 8.31. The van der Waals surface area contributed by atoms with Crippen LogP contribution in [0.3, 0.4) is 0 Å². The first-order valence-corrected chi connectivity index (χ1v) is 8.31. The first-order chi connectivity index (χ1) is 12.4. The highest BCUT2D eigenvalue weighted by molar-refractivity contribution is 5.95. The van der Waals surface area contributed by atoms with Crippen molar-refractivity contribution < 1.29 is 18.3 Å². The van der Waals surface area contributed by atoms with Gasteiger partial charge in [0.1, 0.15) is 11.3 Å². The Kier molecular flexibility index (Phi) is 5.01. The molecule has 2 aromatic rings. The minimum Gasteiger partial charge on any atom is -0.435 e. The summed E-state index contributed by atoms with van der Waals surface area (Å²) in [6, 6.07) is 4.43. The molecule has 0 unspecified atom stereocenters. The van der Waals surface area contributed by atoms with Gasteiger partial charge in [-0.1, -0.05) is 6.07 Å². The van der Waals surface area contributed by atoms with E-state index in [1.807, 2.05) is 0 Å². The highest BCUT2D eigenvalue weighted by Crippen LogP contribution is 2.32. The Balaban J connectivity index is 1.86. The third-order valence-electron chi connectivity index (χ3n) is 4.66. The van der Waals surface area contributed by atoms with Gasteiger partial charge in [0.05, 0.1) is 11.7 Å². The van der Waals surface area contributed by atoms with E-state index in [4.69, 9.17) is 0 Å². The summed E-state index contributed by atoms with van der Waals surface area (Å²) < 4.78 is 29.2. The Morgan fingerprint density at radius 1 is 1.38 bits per heavy atom. The number of aromatic amines is 1. The van der Waals surface area contributed by atoms with Gasteiger partial charge >= 0.3 is 6.61 Å². The van der Waals surface area contributed by atoms with E-state index in [1.165, 1.54) is 6.07 Å². The van der Waals surface area contributed by atoms with Crippen LogP contribution in [0.5, 0.6) is 5.75 Å². The predicted molar refractivity (Wildman–Crippen MR) is 90.6 cm³/mol. The second-order valence-electron chi connectivity index (χ2n) is 6.30. The molecule has 2 N–H and O–H groups in total. The van der Waals surface area contributed by atoms with Crippen LogP contribution < -0.4 is 15.6 Å². The smallest absolute Gasteiger partial charge is 0.387 e. The molecule has 3 rings (SSSR count). The number of benzene rings is 1. The summed E-state index contributed by atoms with van der Waals surface area (Å²) in [6.07, 6.45) is 2.21. The fourth-order valence-corrected chi connectivity index (χ4v) is 3.25. The Labute approximate surface area is 148 Å². The number of halogens is 2. The summed E-state index contributed by atoms with van der Waals surface area (Å²) in [5, 5.41) is 9.05. The van der Waals surface area contributed by atoms with Gasteiger partial charge in [-0.15, -0.1) is 0 Å². The molecule has 0 spiro atoms. The number of carbonyl (C=O) groups is 1. The summed E-state index contributed by atoms with van der Waals surface area (Å²) in [7, 11) is 0. The van der Waals surface area contributed by atoms with Crippen molar-refractivity contribution in [3.05, 3.63) is 56.5 Å². The molecule has 138 valence electrons.